The Labute approximate surface area is 99.5 Å². The van der Waals surface area contributed by atoms with Crippen molar-refractivity contribution in [1.82, 2.24) is 0 Å². The van der Waals surface area contributed by atoms with Gasteiger partial charge in [0.15, 0.2) is 0 Å². The summed E-state index contributed by atoms with van der Waals surface area (Å²) in [5.41, 5.74) is 4.08. The molecule has 0 unspecified atom stereocenters. The molecule has 0 nitrogen and oxygen atoms in total. The van der Waals surface area contributed by atoms with E-state index in [2.05, 4.69) is 0 Å². The Hall–Kier alpha value is -0.260. The van der Waals surface area contributed by atoms with Crippen molar-refractivity contribution in [1.29, 1.82) is 0 Å². The third-order valence-electron chi connectivity index (χ3n) is 6.03. The van der Waals surface area contributed by atoms with Gasteiger partial charge in [-0.3, -0.25) is 0 Å². The van der Waals surface area contributed by atoms with Gasteiger partial charge in [0.25, 0.3) is 0 Å². The van der Waals surface area contributed by atoms with Crippen LogP contribution in [0.25, 0.3) is 0 Å². The summed E-state index contributed by atoms with van der Waals surface area (Å²) < 4.78 is 0. The molecule has 0 heteroatoms. The maximum Gasteiger partial charge on any atom is -0.0197 e. The SMILES string of the molecule is C1C[C@@H]2CC[C@@H]3CCC[C@H]4CC[C@H](C1)C2=C34. The average molecular weight is 216 g/mol. The van der Waals surface area contributed by atoms with Crippen LogP contribution < -0.4 is 0 Å². The van der Waals surface area contributed by atoms with Crippen molar-refractivity contribution in [2.75, 3.05) is 0 Å². The maximum absolute atomic E-state index is 2.04. The molecule has 2 fully saturated rings. The van der Waals surface area contributed by atoms with Crippen LogP contribution in [-0.2, 0) is 0 Å². The molecule has 0 heterocycles. The standard InChI is InChI=1S/C16H24/c1-3-11-7-9-13-5-2-6-14-10-8-12(4-1)15(11)16(13)14/h11-14H,1-10H2/t11-,12-,13-,14+/m0/s1. The fourth-order valence-electron chi connectivity index (χ4n) is 5.46. The topological polar surface area (TPSA) is 0 Å². The van der Waals surface area contributed by atoms with Gasteiger partial charge in [0.2, 0.25) is 0 Å². The van der Waals surface area contributed by atoms with Crippen molar-refractivity contribution in [3.05, 3.63) is 11.1 Å². The van der Waals surface area contributed by atoms with E-state index < -0.39 is 0 Å². The quantitative estimate of drug-likeness (QED) is 0.515. The molecule has 2 saturated carbocycles. The minimum atomic E-state index is 1.05. The van der Waals surface area contributed by atoms with Crippen molar-refractivity contribution in [3.8, 4) is 0 Å². The van der Waals surface area contributed by atoms with E-state index in [0.29, 0.717) is 0 Å². The lowest BCUT2D eigenvalue weighted by Crippen LogP contribution is -2.36. The summed E-state index contributed by atoms with van der Waals surface area (Å²) in [6.07, 6.45) is 15.4. The molecule has 88 valence electrons. The smallest absolute Gasteiger partial charge is 0.0197 e. The van der Waals surface area contributed by atoms with Gasteiger partial charge in [-0.2, -0.15) is 0 Å². The van der Waals surface area contributed by atoms with E-state index in [4.69, 9.17) is 0 Å². The van der Waals surface area contributed by atoms with Crippen LogP contribution in [0.15, 0.2) is 11.1 Å². The number of allylic oxidation sites excluding steroid dienone is 2. The Bertz CT molecular complexity index is 265. The molecule has 0 bridgehead atoms. The van der Waals surface area contributed by atoms with Gasteiger partial charge in [0, 0.05) is 0 Å². The Morgan fingerprint density at radius 2 is 0.750 bits per heavy atom. The second kappa shape index (κ2) is 3.62. The van der Waals surface area contributed by atoms with E-state index >= 15 is 0 Å². The molecule has 4 atom stereocenters. The van der Waals surface area contributed by atoms with Crippen molar-refractivity contribution in [3.63, 3.8) is 0 Å². The lowest BCUT2D eigenvalue weighted by molar-refractivity contribution is 0.202. The first-order chi connectivity index (χ1) is 7.93. The van der Waals surface area contributed by atoms with Gasteiger partial charge in [0.1, 0.15) is 0 Å². The molecule has 0 aromatic carbocycles. The Morgan fingerprint density at radius 1 is 0.438 bits per heavy atom. The first-order valence-electron chi connectivity index (χ1n) is 7.67. The van der Waals surface area contributed by atoms with Gasteiger partial charge in [0.05, 0.1) is 0 Å². The van der Waals surface area contributed by atoms with Crippen molar-refractivity contribution in [2.45, 2.75) is 64.2 Å². The summed E-state index contributed by atoms with van der Waals surface area (Å²) in [7, 11) is 0. The van der Waals surface area contributed by atoms with Gasteiger partial charge in [-0.25, -0.2) is 0 Å². The first kappa shape index (κ1) is 9.74. The van der Waals surface area contributed by atoms with Gasteiger partial charge in [-0.1, -0.05) is 24.0 Å². The van der Waals surface area contributed by atoms with E-state index in [0.717, 1.165) is 23.7 Å². The third kappa shape index (κ3) is 1.28. The predicted octanol–water partition coefficient (Wildman–Crippen LogP) is 4.70. The highest BCUT2D eigenvalue weighted by Gasteiger charge is 2.42. The highest BCUT2D eigenvalue weighted by molar-refractivity contribution is 5.32. The lowest BCUT2D eigenvalue weighted by atomic mass is 9.56. The molecule has 0 aromatic heterocycles. The van der Waals surface area contributed by atoms with Crippen molar-refractivity contribution < 1.29 is 0 Å². The Morgan fingerprint density at radius 3 is 1.06 bits per heavy atom. The molecule has 0 aromatic rings. The molecule has 4 aliphatic carbocycles. The second-order valence-corrected chi connectivity index (χ2v) is 6.71. The fourth-order valence-corrected chi connectivity index (χ4v) is 5.46. The van der Waals surface area contributed by atoms with Crippen LogP contribution in [0, 0.1) is 23.7 Å². The first-order valence-corrected chi connectivity index (χ1v) is 7.67. The highest BCUT2D eigenvalue weighted by atomic mass is 14.5. The molecular weight excluding hydrogens is 192 g/mol. The largest absolute Gasteiger partial charge is 0.0642 e. The summed E-state index contributed by atoms with van der Waals surface area (Å²) in [5, 5.41) is 0. The molecule has 0 amide bonds. The van der Waals surface area contributed by atoms with E-state index in [1.54, 1.807) is 25.7 Å². The average Bonchev–Trinajstić information content (AvgIpc) is 2.36. The van der Waals surface area contributed by atoms with Crippen LogP contribution in [0.2, 0.25) is 0 Å². The molecule has 16 heavy (non-hydrogen) atoms. The minimum Gasteiger partial charge on any atom is -0.0642 e. The van der Waals surface area contributed by atoms with Crippen molar-refractivity contribution in [2.24, 2.45) is 23.7 Å². The zero-order chi connectivity index (χ0) is 10.5. The summed E-state index contributed by atoms with van der Waals surface area (Å²) >= 11 is 0. The number of rotatable bonds is 0. The molecule has 0 radical (unpaired) electrons. The van der Waals surface area contributed by atoms with Crippen LogP contribution in [0.4, 0.5) is 0 Å². The van der Waals surface area contributed by atoms with E-state index in [1.807, 2.05) is 11.1 Å². The zero-order valence-corrected chi connectivity index (χ0v) is 10.4. The molecule has 0 saturated heterocycles. The monoisotopic (exact) mass is 216 g/mol. The Balaban J connectivity index is 1.81. The predicted molar refractivity (Wildman–Crippen MR) is 67.2 cm³/mol. The van der Waals surface area contributed by atoms with E-state index in [1.165, 1.54) is 38.5 Å². The van der Waals surface area contributed by atoms with E-state index in [9.17, 15) is 0 Å². The normalized spacial score (nSPS) is 46.5. The maximum atomic E-state index is 2.04. The number of hydrogen-bond donors (Lipinski definition) is 0. The summed E-state index contributed by atoms with van der Waals surface area (Å²) in [6, 6.07) is 0. The second-order valence-electron chi connectivity index (χ2n) is 6.71. The Kier molecular flexibility index (Phi) is 2.20. The molecule has 0 N–H and O–H groups in total. The third-order valence-corrected chi connectivity index (χ3v) is 6.03. The van der Waals surface area contributed by atoms with Crippen LogP contribution in [-0.4, -0.2) is 0 Å². The molecule has 0 aliphatic heterocycles. The summed E-state index contributed by atoms with van der Waals surface area (Å²) in [4.78, 5) is 0. The molecular formula is C16H24. The number of hydrogen-bond acceptors (Lipinski definition) is 0. The van der Waals surface area contributed by atoms with Gasteiger partial charge >= 0.3 is 0 Å². The zero-order valence-electron chi connectivity index (χ0n) is 10.4. The fraction of sp³-hybridized carbons (Fsp3) is 0.875. The van der Waals surface area contributed by atoms with Crippen LogP contribution in [0.1, 0.15) is 64.2 Å². The minimum absolute atomic E-state index is 1.05. The summed E-state index contributed by atoms with van der Waals surface area (Å²) in [5.74, 6) is 4.19. The molecule has 4 rings (SSSR count). The van der Waals surface area contributed by atoms with Gasteiger partial charge in [-0.05, 0) is 75.0 Å². The van der Waals surface area contributed by atoms with Crippen LogP contribution in [0.5, 0.6) is 0 Å². The lowest BCUT2D eigenvalue weighted by Gasteiger charge is -2.49. The van der Waals surface area contributed by atoms with Crippen LogP contribution >= 0.6 is 0 Å². The van der Waals surface area contributed by atoms with Crippen molar-refractivity contribution >= 4 is 0 Å². The summed E-state index contributed by atoms with van der Waals surface area (Å²) in [6.45, 7) is 0. The van der Waals surface area contributed by atoms with Crippen LogP contribution in [0.3, 0.4) is 0 Å². The van der Waals surface area contributed by atoms with E-state index in [-0.39, 0.29) is 0 Å². The highest BCUT2D eigenvalue weighted by Crippen LogP contribution is 2.55. The van der Waals surface area contributed by atoms with Gasteiger partial charge in [-0.15, -0.1) is 0 Å². The molecule has 4 aliphatic rings. The molecule has 0 spiro atoms. The van der Waals surface area contributed by atoms with Gasteiger partial charge < -0.3 is 0 Å².